The SMILES string of the molecule is Nc1nonc1-c1nc2cccc(F)c2n1Cc1ccc(O)nn1. The van der Waals surface area contributed by atoms with Crippen molar-refractivity contribution in [3.63, 3.8) is 0 Å². The second-order valence-electron chi connectivity index (χ2n) is 5.01. The maximum atomic E-state index is 14.3. The van der Waals surface area contributed by atoms with E-state index >= 15 is 0 Å². The first-order chi connectivity index (χ1) is 11.6. The number of nitrogens with zero attached hydrogens (tertiary/aromatic N) is 6. The Morgan fingerprint density at radius 2 is 2.04 bits per heavy atom. The molecule has 120 valence electrons. The first kappa shape index (κ1) is 14.1. The third-order valence-corrected chi connectivity index (χ3v) is 3.47. The van der Waals surface area contributed by atoms with Crippen LogP contribution in [0.25, 0.3) is 22.6 Å². The van der Waals surface area contributed by atoms with Crippen LogP contribution < -0.4 is 5.73 Å². The summed E-state index contributed by atoms with van der Waals surface area (Å²) in [6.45, 7) is 0.145. The van der Waals surface area contributed by atoms with Gasteiger partial charge in [0.05, 0.1) is 17.8 Å². The molecule has 0 radical (unpaired) electrons. The minimum absolute atomic E-state index is 0.0451. The van der Waals surface area contributed by atoms with Gasteiger partial charge in [-0.1, -0.05) is 6.07 Å². The van der Waals surface area contributed by atoms with Gasteiger partial charge in [0.2, 0.25) is 5.88 Å². The van der Waals surface area contributed by atoms with E-state index in [0.29, 0.717) is 17.0 Å². The standard InChI is InChI=1S/C14H10FN7O2/c15-8-2-1-3-9-12(8)22(6-7-4-5-10(23)19-18-7)14(17-9)11-13(16)21-24-20-11/h1-5H,6H2,(H2,16,21)(H,19,23). The maximum absolute atomic E-state index is 14.3. The number of aromatic nitrogens is 6. The largest absolute Gasteiger partial charge is 0.492 e. The summed E-state index contributed by atoms with van der Waals surface area (Å²) in [4.78, 5) is 4.37. The van der Waals surface area contributed by atoms with Crippen molar-refractivity contribution in [2.24, 2.45) is 0 Å². The van der Waals surface area contributed by atoms with E-state index in [4.69, 9.17) is 5.73 Å². The molecule has 0 aliphatic heterocycles. The summed E-state index contributed by atoms with van der Waals surface area (Å²) in [6, 6.07) is 7.53. The van der Waals surface area contributed by atoms with E-state index in [9.17, 15) is 9.50 Å². The summed E-state index contributed by atoms with van der Waals surface area (Å²) < 4.78 is 20.5. The van der Waals surface area contributed by atoms with Crippen LogP contribution in [0, 0.1) is 5.82 Å². The molecule has 0 saturated heterocycles. The van der Waals surface area contributed by atoms with Crippen LogP contribution in [-0.2, 0) is 6.54 Å². The monoisotopic (exact) mass is 327 g/mol. The second-order valence-corrected chi connectivity index (χ2v) is 5.01. The highest BCUT2D eigenvalue weighted by Crippen LogP contribution is 2.28. The molecular formula is C14H10FN7O2. The Morgan fingerprint density at radius 1 is 1.17 bits per heavy atom. The predicted octanol–water partition coefficient (Wildman–Crippen LogP) is 1.35. The first-order valence-electron chi connectivity index (χ1n) is 6.88. The lowest BCUT2D eigenvalue weighted by Gasteiger charge is -2.07. The zero-order valence-corrected chi connectivity index (χ0v) is 12.1. The lowest BCUT2D eigenvalue weighted by atomic mass is 10.3. The van der Waals surface area contributed by atoms with Gasteiger partial charge >= 0.3 is 0 Å². The number of rotatable bonds is 3. The number of fused-ring (bicyclic) bond motifs is 1. The fourth-order valence-electron chi connectivity index (χ4n) is 2.43. The number of aromatic hydroxyl groups is 1. The molecule has 0 amide bonds. The number of benzene rings is 1. The fourth-order valence-corrected chi connectivity index (χ4v) is 2.43. The minimum atomic E-state index is -0.451. The molecule has 0 atom stereocenters. The topological polar surface area (TPSA) is 129 Å². The Balaban J connectivity index is 1.94. The third-order valence-electron chi connectivity index (χ3n) is 3.47. The molecule has 0 unspecified atom stereocenters. The van der Waals surface area contributed by atoms with Gasteiger partial charge in [0, 0.05) is 6.07 Å². The van der Waals surface area contributed by atoms with Crippen LogP contribution in [0.1, 0.15) is 5.69 Å². The molecule has 4 rings (SSSR count). The number of anilines is 1. The van der Waals surface area contributed by atoms with Gasteiger partial charge in [-0.05, 0) is 28.5 Å². The van der Waals surface area contributed by atoms with E-state index in [1.807, 2.05) is 0 Å². The number of para-hydroxylation sites is 1. The van der Waals surface area contributed by atoms with Gasteiger partial charge in [0.1, 0.15) is 11.3 Å². The zero-order chi connectivity index (χ0) is 16.7. The van der Waals surface area contributed by atoms with Crippen molar-refractivity contribution in [1.82, 2.24) is 30.1 Å². The van der Waals surface area contributed by atoms with Gasteiger partial charge in [-0.15, -0.1) is 10.2 Å². The lowest BCUT2D eigenvalue weighted by Crippen LogP contribution is -2.06. The first-order valence-corrected chi connectivity index (χ1v) is 6.88. The fraction of sp³-hybridized carbons (Fsp3) is 0.0714. The summed E-state index contributed by atoms with van der Waals surface area (Å²) in [7, 11) is 0. The number of imidazole rings is 1. The molecule has 0 fully saturated rings. The number of nitrogens with two attached hydrogens (primary N) is 1. The van der Waals surface area contributed by atoms with Crippen molar-refractivity contribution < 1.29 is 14.1 Å². The van der Waals surface area contributed by atoms with E-state index in [1.54, 1.807) is 22.8 Å². The third kappa shape index (κ3) is 2.20. The summed E-state index contributed by atoms with van der Waals surface area (Å²) in [5, 5.41) is 24.0. The number of hydrogen-bond donors (Lipinski definition) is 2. The summed E-state index contributed by atoms with van der Waals surface area (Å²) >= 11 is 0. The van der Waals surface area contributed by atoms with Crippen molar-refractivity contribution in [3.05, 3.63) is 41.8 Å². The average molecular weight is 327 g/mol. The van der Waals surface area contributed by atoms with Crippen molar-refractivity contribution in [2.75, 3.05) is 5.73 Å². The Hall–Kier alpha value is -3.56. The molecule has 3 heterocycles. The van der Waals surface area contributed by atoms with Crippen molar-refractivity contribution in [2.45, 2.75) is 6.54 Å². The highest BCUT2D eigenvalue weighted by molar-refractivity contribution is 5.82. The Labute approximate surface area is 133 Å². The minimum Gasteiger partial charge on any atom is -0.492 e. The second kappa shape index (κ2) is 5.26. The van der Waals surface area contributed by atoms with E-state index in [-0.39, 0.29) is 29.5 Å². The zero-order valence-electron chi connectivity index (χ0n) is 12.1. The molecule has 0 spiro atoms. The van der Waals surface area contributed by atoms with E-state index in [2.05, 4.69) is 30.1 Å². The van der Waals surface area contributed by atoms with Gasteiger partial charge in [-0.2, -0.15) is 0 Å². The van der Waals surface area contributed by atoms with Crippen molar-refractivity contribution >= 4 is 16.9 Å². The van der Waals surface area contributed by atoms with Gasteiger partial charge in [-0.25, -0.2) is 14.0 Å². The molecule has 0 bridgehead atoms. The molecule has 1 aromatic carbocycles. The van der Waals surface area contributed by atoms with Crippen LogP contribution in [0.5, 0.6) is 5.88 Å². The van der Waals surface area contributed by atoms with Crippen molar-refractivity contribution in [1.29, 1.82) is 0 Å². The van der Waals surface area contributed by atoms with Crippen molar-refractivity contribution in [3.8, 4) is 17.4 Å². The molecule has 3 N–H and O–H groups in total. The van der Waals surface area contributed by atoms with E-state index in [0.717, 1.165) is 0 Å². The highest BCUT2D eigenvalue weighted by Gasteiger charge is 2.21. The molecule has 4 aromatic rings. The molecule has 0 aliphatic carbocycles. The maximum Gasteiger partial charge on any atom is 0.230 e. The average Bonchev–Trinajstić information content (AvgIpc) is 3.14. The molecule has 24 heavy (non-hydrogen) atoms. The van der Waals surface area contributed by atoms with E-state index in [1.165, 1.54) is 12.1 Å². The molecular weight excluding hydrogens is 317 g/mol. The quantitative estimate of drug-likeness (QED) is 0.577. The molecule has 0 aliphatic rings. The Bertz CT molecular complexity index is 1030. The number of nitrogen functional groups attached to an aromatic ring is 1. The van der Waals surface area contributed by atoms with Crippen LogP contribution in [0.4, 0.5) is 10.2 Å². The molecule has 10 heteroatoms. The normalized spacial score (nSPS) is 11.2. The smallest absolute Gasteiger partial charge is 0.230 e. The van der Waals surface area contributed by atoms with Crippen LogP contribution in [0.2, 0.25) is 0 Å². The highest BCUT2D eigenvalue weighted by atomic mass is 19.1. The molecule has 3 aromatic heterocycles. The lowest BCUT2D eigenvalue weighted by molar-refractivity contribution is 0.310. The summed E-state index contributed by atoms with van der Waals surface area (Å²) in [5.41, 5.74) is 7.14. The number of hydrogen-bond acceptors (Lipinski definition) is 8. The van der Waals surface area contributed by atoms with Gasteiger partial charge < -0.3 is 15.4 Å². The van der Waals surface area contributed by atoms with Crippen LogP contribution in [0.3, 0.4) is 0 Å². The predicted molar refractivity (Wildman–Crippen MR) is 80.2 cm³/mol. The van der Waals surface area contributed by atoms with Gasteiger partial charge in [-0.3, -0.25) is 0 Å². The van der Waals surface area contributed by atoms with Gasteiger partial charge in [0.15, 0.2) is 17.3 Å². The van der Waals surface area contributed by atoms with E-state index < -0.39 is 5.82 Å². The summed E-state index contributed by atoms with van der Waals surface area (Å²) in [6.07, 6.45) is 0. The van der Waals surface area contributed by atoms with Crippen LogP contribution in [-0.4, -0.2) is 35.2 Å². The van der Waals surface area contributed by atoms with Crippen LogP contribution >= 0.6 is 0 Å². The summed E-state index contributed by atoms with van der Waals surface area (Å²) in [5.74, 6) is -0.314. The molecule has 0 saturated carbocycles. The number of halogens is 1. The Morgan fingerprint density at radius 3 is 2.75 bits per heavy atom. The van der Waals surface area contributed by atoms with Crippen LogP contribution in [0.15, 0.2) is 35.0 Å². The van der Waals surface area contributed by atoms with Gasteiger partial charge in [0.25, 0.3) is 0 Å². The Kier molecular flexibility index (Phi) is 3.08. The molecule has 9 nitrogen and oxygen atoms in total.